The summed E-state index contributed by atoms with van der Waals surface area (Å²) in [5, 5.41) is 4.60. The Morgan fingerprint density at radius 1 is 1.06 bits per heavy atom. The van der Waals surface area contributed by atoms with Crippen LogP contribution in [0.4, 0.5) is 11.5 Å². The summed E-state index contributed by atoms with van der Waals surface area (Å²) in [6.45, 7) is 2.11. The number of aryl methyl sites for hydroxylation is 1. The minimum Gasteiger partial charge on any atom is -0.342 e. The number of fused-ring (bicyclic) bond motifs is 1. The van der Waals surface area contributed by atoms with Gasteiger partial charge in [0.1, 0.15) is 5.82 Å². The van der Waals surface area contributed by atoms with Crippen LogP contribution in [-0.4, -0.2) is 4.98 Å². The third-order valence-electron chi connectivity index (χ3n) is 2.99. The SMILES string of the molecule is Cc1cccc2cc(Nc3ccc(Br)cc3)[nH]c12. The van der Waals surface area contributed by atoms with Crippen LogP contribution >= 0.6 is 15.9 Å². The quantitative estimate of drug-likeness (QED) is 0.686. The molecule has 0 aliphatic heterocycles. The first-order chi connectivity index (χ1) is 8.72. The summed E-state index contributed by atoms with van der Waals surface area (Å²) in [4.78, 5) is 3.40. The number of rotatable bonds is 2. The molecule has 0 unspecified atom stereocenters. The van der Waals surface area contributed by atoms with Gasteiger partial charge in [0.15, 0.2) is 0 Å². The van der Waals surface area contributed by atoms with E-state index in [2.05, 4.69) is 57.4 Å². The Morgan fingerprint density at radius 3 is 2.56 bits per heavy atom. The van der Waals surface area contributed by atoms with Crippen LogP contribution in [0.1, 0.15) is 5.56 Å². The first-order valence-corrected chi connectivity index (χ1v) is 6.62. The van der Waals surface area contributed by atoms with Gasteiger partial charge in [-0.2, -0.15) is 0 Å². The molecule has 0 spiro atoms. The maximum atomic E-state index is 3.43. The van der Waals surface area contributed by atoms with Crippen LogP contribution in [0, 0.1) is 6.92 Å². The van der Waals surface area contributed by atoms with Gasteiger partial charge in [-0.3, -0.25) is 0 Å². The van der Waals surface area contributed by atoms with Gasteiger partial charge >= 0.3 is 0 Å². The summed E-state index contributed by atoms with van der Waals surface area (Å²) in [6, 6.07) is 16.6. The smallest absolute Gasteiger partial charge is 0.108 e. The van der Waals surface area contributed by atoms with Gasteiger partial charge in [0.05, 0.1) is 0 Å². The molecular formula is C15H13BrN2. The highest BCUT2D eigenvalue weighted by atomic mass is 79.9. The van der Waals surface area contributed by atoms with Crippen molar-refractivity contribution in [2.24, 2.45) is 0 Å². The van der Waals surface area contributed by atoms with Crippen LogP contribution in [0.15, 0.2) is 53.0 Å². The number of halogens is 1. The van der Waals surface area contributed by atoms with Crippen molar-refractivity contribution in [1.29, 1.82) is 0 Å². The number of anilines is 2. The van der Waals surface area contributed by atoms with Crippen LogP contribution in [0.5, 0.6) is 0 Å². The average molecular weight is 301 g/mol. The second kappa shape index (κ2) is 4.50. The van der Waals surface area contributed by atoms with E-state index in [1.807, 2.05) is 24.3 Å². The summed E-state index contributed by atoms with van der Waals surface area (Å²) in [7, 11) is 0. The molecule has 0 aliphatic carbocycles. The molecule has 1 aromatic heterocycles. The predicted octanol–water partition coefficient (Wildman–Crippen LogP) is 4.98. The lowest BCUT2D eigenvalue weighted by Crippen LogP contribution is -1.89. The van der Waals surface area contributed by atoms with Gasteiger partial charge in [-0.25, -0.2) is 0 Å². The van der Waals surface area contributed by atoms with Crippen LogP contribution in [-0.2, 0) is 0 Å². The van der Waals surface area contributed by atoms with Crippen molar-refractivity contribution in [2.75, 3.05) is 5.32 Å². The summed E-state index contributed by atoms with van der Waals surface area (Å²) < 4.78 is 1.08. The summed E-state index contributed by atoms with van der Waals surface area (Å²) in [6.07, 6.45) is 0. The number of aromatic amines is 1. The fourth-order valence-corrected chi connectivity index (χ4v) is 2.33. The van der Waals surface area contributed by atoms with E-state index < -0.39 is 0 Å². The lowest BCUT2D eigenvalue weighted by molar-refractivity contribution is 1.39. The molecule has 0 amide bonds. The van der Waals surface area contributed by atoms with Crippen LogP contribution < -0.4 is 5.32 Å². The molecule has 1 heterocycles. The van der Waals surface area contributed by atoms with E-state index in [4.69, 9.17) is 0 Å². The highest BCUT2D eigenvalue weighted by Gasteiger charge is 2.02. The van der Waals surface area contributed by atoms with E-state index in [9.17, 15) is 0 Å². The Morgan fingerprint density at radius 2 is 1.83 bits per heavy atom. The van der Waals surface area contributed by atoms with Crippen LogP contribution in [0.3, 0.4) is 0 Å². The maximum absolute atomic E-state index is 3.43. The Kier molecular flexibility index (Phi) is 2.84. The van der Waals surface area contributed by atoms with E-state index in [0.717, 1.165) is 16.0 Å². The fraction of sp³-hybridized carbons (Fsp3) is 0.0667. The molecule has 2 aromatic carbocycles. The van der Waals surface area contributed by atoms with Crippen molar-refractivity contribution in [1.82, 2.24) is 4.98 Å². The van der Waals surface area contributed by atoms with Gasteiger partial charge in [-0.05, 0) is 42.8 Å². The van der Waals surface area contributed by atoms with Crippen molar-refractivity contribution in [3.63, 3.8) is 0 Å². The predicted molar refractivity (Wildman–Crippen MR) is 80.5 cm³/mol. The largest absolute Gasteiger partial charge is 0.342 e. The minimum absolute atomic E-state index is 1.02. The Bertz CT molecular complexity index is 683. The van der Waals surface area contributed by atoms with Crippen molar-refractivity contribution in [2.45, 2.75) is 6.92 Å². The number of aromatic nitrogens is 1. The zero-order chi connectivity index (χ0) is 12.5. The average Bonchev–Trinajstić information content (AvgIpc) is 2.76. The molecular weight excluding hydrogens is 288 g/mol. The standard InChI is InChI=1S/C15H13BrN2/c1-10-3-2-4-11-9-14(18-15(10)11)17-13-7-5-12(16)6-8-13/h2-9,17-18H,1H3. The monoisotopic (exact) mass is 300 g/mol. The molecule has 90 valence electrons. The zero-order valence-electron chi connectivity index (χ0n) is 10.00. The van der Waals surface area contributed by atoms with E-state index in [-0.39, 0.29) is 0 Å². The Hall–Kier alpha value is -1.74. The molecule has 3 heteroatoms. The molecule has 2 N–H and O–H groups in total. The zero-order valence-corrected chi connectivity index (χ0v) is 11.6. The third kappa shape index (κ3) is 2.14. The lowest BCUT2D eigenvalue weighted by atomic mass is 10.2. The first kappa shape index (κ1) is 11.4. The van der Waals surface area contributed by atoms with E-state index in [1.54, 1.807) is 0 Å². The molecule has 2 nitrogen and oxygen atoms in total. The van der Waals surface area contributed by atoms with Gasteiger partial charge in [-0.1, -0.05) is 34.1 Å². The molecule has 0 bridgehead atoms. The molecule has 0 aliphatic rings. The number of hydrogen-bond donors (Lipinski definition) is 2. The van der Waals surface area contributed by atoms with E-state index in [0.29, 0.717) is 0 Å². The molecule has 0 fully saturated rings. The van der Waals surface area contributed by atoms with Gasteiger partial charge < -0.3 is 10.3 Å². The van der Waals surface area contributed by atoms with Crippen LogP contribution in [0.2, 0.25) is 0 Å². The molecule has 0 saturated carbocycles. The van der Waals surface area contributed by atoms with Crippen LogP contribution in [0.25, 0.3) is 10.9 Å². The third-order valence-corrected chi connectivity index (χ3v) is 3.52. The molecule has 0 saturated heterocycles. The molecule has 0 atom stereocenters. The van der Waals surface area contributed by atoms with Gasteiger partial charge in [0.2, 0.25) is 0 Å². The molecule has 3 rings (SSSR count). The number of benzene rings is 2. The number of nitrogens with one attached hydrogen (secondary N) is 2. The fourth-order valence-electron chi connectivity index (χ4n) is 2.06. The molecule has 18 heavy (non-hydrogen) atoms. The summed E-state index contributed by atoms with van der Waals surface area (Å²) in [5.41, 5.74) is 3.52. The Labute approximate surface area is 114 Å². The second-order valence-corrected chi connectivity index (χ2v) is 5.27. The van der Waals surface area contributed by atoms with E-state index in [1.165, 1.54) is 16.5 Å². The first-order valence-electron chi connectivity index (χ1n) is 5.83. The number of para-hydroxylation sites is 1. The van der Waals surface area contributed by atoms with E-state index >= 15 is 0 Å². The van der Waals surface area contributed by atoms with Gasteiger partial charge in [0.25, 0.3) is 0 Å². The highest BCUT2D eigenvalue weighted by Crippen LogP contribution is 2.24. The second-order valence-electron chi connectivity index (χ2n) is 4.35. The van der Waals surface area contributed by atoms with Crippen molar-refractivity contribution in [3.8, 4) is 0 Å². The normalized spacial score (nSPS) is 10.8. The number of H-pyrrole nitrogens is 1. The van der Waals surface area contributed by atoms with Crippen molar-refractivity contribution >= 4 is 38.3 Å². The molecule has 0 radical (unpaired) electrons. The van der Waals surface area contributed by atoms with Crippen molar-refractivity contribution in [3.05, 3.63) is 58.6 Å². The Balaban J connectivity index is 1.95. The molecule has 3 aromatic rings. The summed E-state index contributed by atoms with van der Waals surface area (Å²) in [5.74, 6) is 1.02. The lowest BCUT2D eigenvalue weighted by Gasteiger charge is -2.03. The maximum Gasteiger partial charge on any atom is 0.108 e. The van der Waals surface area contributed by atoms with Gasteiger partial charge in [-0.15, -0.1) is 0 Å². The number of hydrogen-bond acceptors (Lipinski definition) is 1. The summed E-state index contributed by atoms with van der Waals surface area (Å²) >= 11 is 3.43. The topological polar surface area (TPSA) is 27.8 Å². The minimum atomic E-state index is 1.02. The van der Waals surface area contributed by atoms with Gasteiger partial charge in [0, 0.05) is 21.1 Å². The highest BCUT2D eigenvalue weighted by molar-refractivity contribution is 9.10. The van der Waals surface area contributed by atoms with Crippen molar-refractivity contribution < 1.29 is 0 Å².